The summed E-state index contributed by atoms with van der Waals surface area (Å²) < 4.78 is 66.5. The maximum Gasteiger partial charge on any atom is 0.243 e. The Labute approximate surface area is 197 Å². The zero-order valence-electron chi connectivity index (χ0n) is 19.6. The van der Waals surface area contributed by atoms with Crippen molar-refractivity contribution in [3.8, 4) is 11.5 Å². The van der Waals surface area contributed by atoms with Gasteiger partial charge < -0.3 is 9.47 Å². The number of methoxy groups -OCH3 is 2. The van der Waals surface area contributed by atoms with E-state index in [0.29, 0.717) is 30.8 Å². The van der Waals surface area contributed by atoms with E-state index >= 15 is 0 Å². The van der Waals surface area contributed by atoms with E-state index in [9.17, 15) is 16.8 Å². The fraction of sp³-hybridized carbons (Fsp3) is 0.478. The molecule has 182 valence electrons. The molecule has 0 aliphatic carbocycles. The van der Waals surface area contributed by atoms with E-state index in [1.165, 1.54) is 20.7 Å². The predicted octanol–water partition coefficient (Wildman–Crippen LogP) is 2.91. The molecule has 1 heterocycles. The topological polar surface area (TPSA) is 93.2 Å². The highest BCUT2D eigenvalue weighted by atomic mass is 32.2. The van der Waals surface area contributed by atoms with Crippen LogP contribution in [0.25, 0.3) is 0 Å². The van der Waals surface area contributed by atoms with Gasteiger partial charge in [-0.1, -0.05) is 13.8 Å². The van der Waals surface area contributed by atoms with E-state index in [1.54, 1.807) is 38.5 Å². The zero-order chi connectivity index (χ0) is 24.2. The molecule has 1 fully saturated rings. The van der Waals surface area contributed by atoms with Crippen molar-refractivity contribution in [2.45, 2.75) is 42.9 Å². The van der Waals surface area contributed by atoms with Crippen molar-refractivity contribution in [3.05, 3.63) is 47.5 Å². The lowest BCUT2D eigenvalue weighted by Gasteiger charge is -2.22. The fourth-order valence-electron chi connectivity index (χ4n) is 4.03. The number of sulfonamides is 2. The van der Waals surface area contributed by atoms with Gasteiger partial charge in [0.15, 0.2) is 0 Å². The SMILES string of the molecule is CCc1cc(S(=O)(=O)N2CCCN(S(=O)(=O)c3ccc(OC)c(CC)c3)CC2)ccc1OC. The van der Waals surface area contributed by atoms with Crippen molar-refractivity contribution < 1.29 is 26.3 Å². The normalized spacial score (nSPS) is 16.4. The monoisotopic (exact) mass is 496 g/mol. The van der Waals surface area contributed by atoms with Gasteiger partial charge in [0.1, 0.15) is 11.5 Å². The minimum atomic E-state index is -3.76. The molecule has 2 aromatic carbocycles. The van der Waals surface area contributed by atoms with E-state index in [-0.39, 0.29) is 36.0 Å². The molecule has 8 nitrogen and oxygen atoms in total. The van der Waals surface area contributed by atoms with Gasteiger partial charge in [0.05, 0.1) is 24.0 Å². The van der Waals surface area contributed by atoms with E-state index in [4.69, 9.17) is 9.47 Å². The Morgan fingerprint density at radius 2 is 1.09 bits per heavy atom. The first kappa shape index (κ1) is 25.5. The second-order valence-electron chi connectivity index (χ2n) is 7.82. The molecule has 0 N–H and O–H groups in total. The zero-order valence-corrected chi connectivity index (χ0v) is 21.2. The molecular weight excluding hydrogens is 464 g/mol. The third kappa shape index (κ3) is 5.18. The van der Waals surface area contributed by atoms with Crippen LogP contribution in [0.2, 0.25) is 0 Å². The molecule has 3 rings (SSSR count). The van der Waals surface area contributed by atoms with Crippen LogP contribution in [0.1, 0.15) is 31.4 Å². The van der Waals surface area contributed by atoms with Crippen LogP contribution in [-0.4, -0.2) is 65.8 Å². The van der Waals surface area contributed by atoms with Crippen LogP contribution in [-0.2, 0) is 32.9 Å². The largest absolute Gasteiger partial charge is 0.496 e. The first-order valence-electron chi connectivity index (χ1n) is 11.0. The summed E-state index contributed by atoms with van der Waals surface area (Å²) in [5.74, 6) is 1.30. The third-order valence-corrected chi connectivity index (χ3v) is 9.74. The number of benzene rings is 2. The van der Waals surface area contributed by atoms with Gasteiger partial charge in [-0.2, -0.15) is 8.61 Å². The Balaban J connectivity index is 1.83. The average Bonchev–Trinajstić information content (AvgIpc) is 3.10. The van der Waals surface area contributed by atoms with Crippen LogP contribution >= 0.6 is 0 Å². The third-order valence-electron chi connectivity index (χ3n) is 5.95. The maximum absolute atomic E-state index is 13.3. The number of rotatable bonds is 8. The minimum Gasteiger partial charge on any atom is -0.496 e. The van der Waals surface area contributed by atoms with Crippen molar-refractivity contribution in [3.63, 3.8) is 0 Å². The molecule has 1 saturated heterocycles. The smallest absolute Gasteiger partial charge is 0.243 e. The van der Waals surface area contributed by atoms with Crippen LogP contribution in [0, 0.1) is 0 Å². The van der Waals surface area contributed by atoms with Crippen molar-refractivity contribution in [1.29, 1.82) is 0 Å². The molecule has 0 atom stereocenters. The van der Waals surface area contributed by atoms with Crippen molar-refractivity contribution in [2.75, 3.05) is 40.4 Å². The van der Waals surface area contributed by atoms with Crippen LogP contribution < -0.4 is 9.47 Å². The molecular formula is C23H32N2O6S2. The van der Waals surface area contributed by atoms with E-state index in [0.717, 1.165) is 11.1 Å². The highest BCUT2D eigenvalue weighted by Crippen LogP contribution is 2.28. The molecule has 2 aromatic rings. The highest BCUT2D eigenvalue weighted by molar-refractivity contribution is 7.89. The quantitative estimate of drug-likeness (QED) is 0.558. The van der Waals surface area contributed by atoms with Gasteiger partial charge in [-0.15, -0.1) is 0 Å². The fourth-order valence-corrected chi connectivity index (χ4v) is 7.07. The predicted molar refractivity (Wildman–Crippen MR) is 127 cm³/mol. The van der Waals surface area contributed by atoms with Gasteiger partial charge >= 0.3 is 0 Å². The first-order valence-corrected chi connectivity index (χ1v) is 13.9. The standard InChI is InChI=1S/C23H32N2O6S2/c1-5-18-16-20(8-10-22(18)30-3)32(26,27)24-12-7-13-25(15-14-24)33(28,29)21-9-11-23(31-4)19(6-2)17-21/h8-11,16-17H,5-7,12-15H2,1-4H3. The molecule has 1 aliphatic heterocycles. The molecule has 10 heteroatoms. The summed E-state index contributed by atoms with van der Waals surface area (Å²) in [6.45, 7) is 4.56. The van der Waals surface area contributed by atoms with Crippen molar-refractivity contribution in [1.82, 2.24) is 8.61 Å². The molecule has 0 unspecified atom stereocenters. The van der Waals surface area contributed by atoms with Crippen LogP contribution in [0.15, 0.2) is 46.2 Å². The van der Waals surface area contributed by atoms with Gasteiger partial charge in [0.2, 0.25) is 20.0 Å². The van der Waals surface area contributed by atoms with Crippen LogP contribution in [0.4, 0.5) is 0 Å². The highest BCUT2D eigenvalue weighted by Gasteiger charge is 2.32. The summed E-state index contributed by atoms with van der Waals surface area (Å²) in [5.41, 5.74) is 1.62. The minimum absolute atomic E-state index is 0.0891. The van der Waals surface area contributed by atoms with Gasteiger partial charge in [0.25, 0.3) is 0 Å². The van der Waals surface area contributed by atoms with Crippen molar-refractivity contribution >= 4 is 20.0 Å². The molecule has 0 amide bonds. The molecule has 0 saturated carbocycles. The van der Waals surface area contributed by atoms with Gasteiger partial charge in [-0.3, -0.25) is 0 Å². The Kier molecular flexibility index (Phi) is 8.04. The molecule has 33 heavy (non-hydrogen) atoms. The van der Waals surface area contributed by atoms with Crippen molar-refractivity contribution in [2.24, 2.45) is 0 Å². The van der Waals surface area contributed by atoms with Gasteiger partial charge in [0, 0.05) is 26.2 Å². The summed E-state index contributed by atoms with van der Waals surface area (Å²) in [4.78, 5) is 0.387. The van der Waals surface area contributed by atoms with E-state index < -0.39 is 20.0 Å². The molecule has 0 aromatic heterocycles. The van der Waals surface area contributed by atoms with Gasteiger partial charge in [-0.25, -0.2) is 16.8 Å². The maximum atomic E-state index is 13.3. The summed E-state index contributed by atoms with van der Waals surface area (Å²) in [7, 11) is -4.40. The summed E-state index contributed by atoms with van der Waals surface area (Å²) in [6.07, 6.45) is 1.69. The number of ether oxygens (including phenoxy) is 2. The summed E-state index contributed by atoms with van der Waals surface area (Å²) in [5, 5.41) is 0. The number of hydrogen-bond acceptors (Lipinski definition) is 6. The van der Waals surface area contributed by atoms with E-state index in [1.807, 2.05) is 13.8 Å². The average molecular weight is 497 g/mol. The summed E-state index contributed by atoms with van der Waals surface area (Å²) in [6, 6.07) is 9.67. The first-order chi connectivity index (χ1) is 15.7. The molecule has 0 radical (unpaired) electrons. The number of hydrogen-bond donors (Lipinski definition) is 0. The lowest BCUT2D eigenvalue weighted by atomic mass is 10.1. The Morgan fingerprint density at radius 3 is 1.42 bits per heavy atom. The lowest BCUT2D eigenvalue weighted by Crippen LogP contribution is -2.37. The molecule has 0 spiro atoms. The second kappa shape index (κ2) is 10.4. The molecule has 1 aliphatic rings. The Morgan fingerprint density at radius 1 is 0.697 bits per heavy atom. The van der Waals surface area contributed by atoms with Crippen LogP contribution in [0.5, 0.6) is 11.5 Å². The Bertz CT molecular complexity index is 1100. The number of nitrogens with zero attached hydrogens (tertiary/aromatic N) is 2. The van der Waals surface area contributed by atoms with Gasteiger partial charge in [-0.05, 0) is 66.8 Å². The number of aryl methyl sites for hydroxylation is 2. The summed E-state index contributed by atoms with van der Waals surface area (Å²) >= 11 is 0. The van der Waals surface area contributed by atoms with Crippen LogP contribution in [0.3, 0.4) is 0 Å². The molecule has 0 bridgehead atoms. The lowest BCUT2D eigenvalue weighted by molar-refractivity contribution is 0.402. The second-order valence-corrected chi connectivity index (χ2v) is 11.7. The van der Waals surface area contributed by atoms with E-state index in [2.05, 4.69) is 0 Å². The Hall–Kier alpha value is -2.14.